The minimum atomic E-state index is -0.732. The average Bonchev–Trinajstić information content (AvgIpc) is 3.00. The van der Waals surface area contributed by atoms with E-state index in [-0.39, 0.29) is 29.6 Å². The van der Waals surface area contributed by atoms with Crippen LogP contribution >= 0.6 is 11.8 Å². The van der Waals surface area contributed by atoms with E-state index in [0.29, 0.717) is 24.3 Å². The van der Waals surface area contributed by atoms with Crippen LogP contribution < -0.4 is 4.74 Å². The van der Waals surface area contributed by atoms with Gasteiger partial charge in [-0.3, -0.25) is 4.79 Å². The normalized spacial score (nSPS) is 24.6. The number of carbonyl (C=O) groups is 1. The summed E-state index contributed by atoms with van der Waals surface area (Å²) in [4.78, 5) is 11.1. The van der Waals surface area contributed by atoms with Crippen molar-refractivity contribution in [1.82, 2.24) is 0 Å². The average molecular weight is 445 g/mol. The van der Waals surface area contributed by atoms with Gasteiger partial charge in [0.1, 0.15) is 18.2 Å². The molecule has 0 heterocycles. The fourth-order valence-corrected chi connectivity index (χ4v) is 5.19. The molecule has 0 spiro atoms. The first-order valence-electron chi connectivity index (χ1n) is 10.5. The van der Waals surface area contributed by atoms with E-state index >= 15 is 0 Å². The number of halogens is 1. The van der Waals surface area contributed by atoms with Gasteiger partial charge in [-0.15, -0.1) is 0 Å². The fraction of sp³-hybridized carbons (Fsp3) is 0.682. The van der Waals surface area contributed by atoms with Gasteiger partial charge in [-0.1, -0.05) is 19.3 Å². The lowest BCUT2D eigenvalue weighted by Gasteiger charge is -2.24. The number of carbonyl (C=O) groups excluding carboxylic acids is 1. The topological polar surface area (TPSA) is 96.2 Å². The molecule has 170 valence electrons. The number of benzene rings is 1. The molecule has 1 aromatic carbocycles. The lowest BCUT2D eigenvalue weighted by atomic mass is 9.97. The number of ether oxygens (including phenoxy) is 2. The number of thioether (sulfide) groups is 1. The Hall–Kier alpha value is -1.35. The van der Waals surface area contributed by atoms with Gasteiger partial charge < -0.3 is 24.8 Å². The molecule has 6 nitrogen and oxygen atoms in total. The van der Waals surface area contributed by atoms with Gasteiger partial charge >= 0.3 is 5.97 Å². The van der Waals surface area contributed by atoms with Crippen molar-refractivity contribution >= 4 is 17.7 Å². The third-order valence-corrected chi connectivity index (χ3v) is 7.04. The molecular weight excluding hydrogens is 411 g/mol. The Bertz CT molecular complexity index is 629. The van der Waals surface area contributed by atoms with E-state index in [9.17, 15) is 24.5 Å². The molecule has 2 rings (SSSR count). The first-order chi connectivity index (χ1) is 14.4. The molecule has 0 aliphatic heterocycles. The first-order valence-corrected chi connectivity index (χ1v) is 11.6. The SMILES string of the molecule is COC(=O)CCCCCC[C@H]1C(O)CC(O)[C@@H]1SCC(O)COc1ccc(F)cc1. The molecule has 1 aliphatic rings. The molecule has 30 heavy (non-hydrogen) atoms. The van der Waals surface area contributed by atoms with E-state index in [1.54, 1.807) is 0 Å². The number of esters is 1. The van der Waals surface area contributed by atoms with E-state index in [1.807, 2.05) is 0 Å². The van der Waals surface area contributed by atoms with E-state index in [4.69, 9.17) is 4.74 Å². The van der Waals surface area contributed by atoms with Gasteiger partial charge in [-0.2, -0.15) is 11.8 Å². The third kappa shape index (κ3) is 8.41. The van der Waals surface area contributed by atoms with Gasteiger partial charge in [0.05, 0.1) is 25.4 Å². The minimum Gasteiger partial charge on any atom is -0.491 e. The third-order valence-electron chi connectivity index (χ3n) is 5.41. The molecule has 1 saturated carbocycles. The highest BCUT2D eigenvalue weighted by Crippen LogP contribution is 2.39. The summed E-state index contributed by atoms with van der Waals surface area (Å²) in [6, 6.07) is 5.61. The number of aliphatic hydroxyl groups is 3. The van der Waals surface area contributed by atoms with E-state index in [0.717, 1.165) is 32.1 Å². The van der Waals surface area contributed by atoms with Crippen LogP contribution in [0, 0.1) is 11.7 Å². The molecule has 0 bridgehead atoms. The van der Waals surface area contributed by atoms with Crippen LogP contribution in [0.25, 0.3) is 0 Å². The highest BCUT2D eigenvalue weighted by molar-refractivity contribution is 8.00. The van der Waals surface area contributed by atoms with Crippen molar-refractivity contribution in [2.75, 3.05) is 19.5 Å². The van der Waals surface area contributed by atoms with E-state index < -0.39 is 18.3 Å². The van der Waals surface area contributed by atoms with Crippen LogP contribution in [0.15, 0.2) is 24.3 Å². The predicted octanol–water partition coefficient (Wildman–Crippen LogP) is 2.92. The summed E-state index contributed by atoms with van der Waals surface area (Å²) in [6.45, 7) is 0.0782. The summed E-state index contributed by atoms with van der Waals surface area (Å²) in [5, 5.41) is 30.7. The number of aliphatic hydroxyl groups excluding tert-OH is 3. The zero-order valence-electron chi connectivity index (χ0n) is 17.4. The fourth-order valence-electron chi connectivity index (χ4n) is 3.75. The van der Waals surface area contributed by atoms with Crippen molar-refractivity contribution in [2.24, 2.45) is 5.92 Å². The molecule has 3 N–H and O–H groups in total. The molecule has 8 heteroatoms. The van der Waals surface area contributed by atoms with Crippen LogP contribution in [-0.2, 0) is 9.53 Å². The summed E-state index contributed by atoms with van der Waals surface area (Å²) in [5.74, 6) is 0.313. The van der Waals surface area contributed by atoms with Gasteiger partial charge in [-0.25, -0.2) is 4.39 Å². The number of hydrogen-bond acceptors (Lipinski definition) is 7. The first kappa shape index (κ1) is 24.9. The van der Waals surface area contributed by atoms with Crippen LogP contribution in [0.5, 0.6) is 5.75 Å². The molecule has 0 aromatic heterocycles. The lowest BCUT2D eigenvalue weighted by molar-refractivity contribution is -0.140. The molecule has 0 amide bonds. The molecule has 3 unspecified atom stereocenters. The van der Waals surface area contributed by atoms with Crippen molar-refractivity contribution in [3.8, 4) is 5.75 Å². The summed E-state index contributed by atoms with van der Waals surface area (Å²) in [6.07, 6.45) is 3.31. The van der Waals surface area contributed by atoms with Crippen LogP contribution in [0.1, 0.15) is 44.9 Å². The van der Waals surface area contributed by atoms with Crippen molar-refractivity contribution in [2.45, 2.75) is 68.5 Å². The Morgan fingerprint density at radius 2 is 1.87 bits per heavy atom. The number of rotatable bonds is 13. The Morgan fingerprint density at radius 1 is 1.17 bits per heavy atom. The van der Waals surface area contributed by atoms with Crippen molar-refractivity contribution in [3.05, 3.63) is 30.1 Å². The van der Waals surface area contributed by atoms with Crippen molar-refractivity contribution in [1.29, 1.82) is 0 Å². The standard InChI is InChI=1S/C22H33FO6S/c1-28-21(27)7-5-3-2-4-6-18-19(25)12-20(26)22(18)30-14-16(24)13-29-17-10-8-15(23)9-11-17/h8-11,16,18-20,22,24-26H,2-7,12-14H2,1H3/t16?,18-,19?,20?,22+/m0/s1. The van der Waals surface area contributed by atoms with Crippen molar-refractivity contribution < 1.29 is 34.0 Å². The molecule has 1 aliphatic carbocycles. The van der Waals surface area contributed by atoms with Gasteiger partial charge in [-0.05, 0) is 43.0 Å². The Kier molecular flexibility index (Phi) is 10.9. The molecule has 1 fully saturated rings. The smallest absolute Gasteiger partial charge is 0.305 e. The number of hydrogen-bond donors (Lipinski definition) is 3. The second-order valence-electron chi connectivity index (χ2n) is 7.78. The summed E-state index contributed by atoms with van der Waals surface area (Å²) in [5.41, 5.74) is 0. The summed E-state index contributed by atoms with van der Waals surface area (Å²) < 4.78 is 23.0. The maximum atomic E-state index is 12.9. The molecule has 0 saturated heterocycles. The van der Waals surface area contributed by atoms with Crippen LogP contribution in [-0.4, -0.2) is 64.3 Å². The largest absolute Gasteiger partial charge is 0.491 e. The maximum absolute atomic E-state index is 12.9. The maximum Gasteiger partial charge on any atom is 0.305 e. The van der Waals surface area contributed by atoms with E-state index in [1.165, 1.54) is 43.1 Å². The van der Waals surface area contributed by atoms with Crippen molar-refractivity contribution in [3.63, 3.8) is 0 Å². The highest BCUT2D eigenvalue weighted by Gasteiger charge is 2.41. The summed E-state index contributed by atoms with van der Waals surface area (Å²) >= 11 is 1.46. The summed E-state index contributed by atoms with van der Waals surface area (Å²) in [7, 11) is 1.39. The van der Waals surface area contributed by atoms with Gasteiger partial charge in [0.15, 0.2) is 0 Å². The molecular formula is C22H33FO6S. The van der Waals surface area contributed by atoms with Gasteiger partial charge in [0.2, 0.25) is 0 Å². The molecule has 5 atom stereocenters. The molecule has 1 aromatic rings. The monoisotopic (exact) mass is 444 g/mol. The Balaban J connectivity index is 1.68. The second kappa shape index (κ2) is 13.1. The van der Waals surface area contributed by atoms with Crippen LogP contribution in [0.2, 0.25) is 0 Å². The van der Waals surface area contributed by atoms with Crippen LogP contribution in [0.4, 0.5) is 4.39 Å². The Labute approximate surface area is 181 Å². The predicted molar refractivity (Wildman–Crippen MR) is 114 cm³/mol. The van der Waals surface area contributed by atoms with Gasteiger partial charge in [0.25, 0.3) is 0 Å². The zero-order valence-corrected chi connectivity index (χ0v) is 18.2. The van der Waals surface area contributed by atoms with E-state index in [2.05, 4.69) is 4.74 Å². The van der Waals surface area contributed by atoms with Crippen LogP contribution in [0.3, 0.4) is 0 Å². The van der Waals surface area contributed by atoms with Gasteiger partial charge in [0, 0.05) is 23.8 Å². The number of unbranched alkanes of at least 4 members (excludes halogenated alkanes) is 3. The lowest BCUT2D eigenvalue weighted by Crippen LogP contribution is -2.28. The Morgan fingerprint density at radius 3 is 2.57 bits per heavy atom. The highest BCUT2D eigenvalue weighted by atomic mass is 32.2. The molecule has 0 radical (unpaired) electrons. The quantitative estimate of drug-likeness (QED) is 0.318. The zero-order chi connectivity index (χ0) is 21.9. The number of methoxy groups -OCH3 is 1. The minimum absolute atomic E-state index is 0.0178. The second-order valence-corrected chi connectivity index (χ2v) is 8.99.